The fraction of sp³-hybridized carbons (Fsp3) is 0.167. The molecule has 1 nitrogen and oxygen atoms in total. The van der Waals surface area contributed by atoms with E-state index in [1.165, 1.54) is 6.20 Å². The van der Waals surface area contributed by atoms with Gasteiger partial charge < -0.3 is 0 Å². The van der Waals surface area contributed by atoms with Gasteiger partial charge in [-0.05, 0) is 6.07 Å². The average Bonchev–Trinajstić information content (AvgIpc) is 1.86. The van der Waals surface area contributed by atoms with Crippen molar-refractivity contribution in [3.05, 3.63) is 29.0 Å². The Morgan fingerprint density at radius 3 is 2.27 bits per heavy atom. The molecule has 60 valence electrons. The number of aromatic nitrogens is 1. The van der Waals surface area contributed by atoms with Gasteiger partial charge in [-0.1, -0.05) is 11.6 Å². The van der Waals surface area contributed by atoms with Crippen LogP contribution in [-0.4, -0.2) is 0 Å². The Kier molecular flexibility index (Phi) is 2.04. The Morgan fingerprint density at radius 2 is 1.91 bits per heavy atom. The summed E-state index contributed by atoms with van der Waals surface area (Å²) in [6.07, 6.45) is -2.20. The summed E-state index contributed by atoms with van der Waals surface area (Å²) in [4.78, 5) is 2.28. The molecule has 0 bridgehead atoms. The van der Waals surface area contributed by atoms with Crippen LogP contribution in [-0.2, 0) is 6.18 Å². The topological polar surface area (TPSA) is 14.1 Å². The van der Waals surface area contributed by atoms with Crippen LogP contribution >= 0.6 is 11.6 Å². The summed E-state index contributed by atoms with van der Waals surface area (Å²) in [5, 5.41) is 0.0415. The minimum Gasteiger partial charge on any atom is -0.216 e. The summed E-state index contributed by atoms with van der Waals surface area (Å²) in [6, 6.07) is 0.859. The molecular formula is C6H4ClF3N+. The molecule has 0 aliphatic rings. The quantitative estimate of drug-likeness (QED) is 0.584. The van der Waals surface area contributed by atoms with Crippen LogP contribution in [0.1, 0.15) is 5.56 Å². The van der Waals surface area contributed by atoms with E-state index in [0.717, 1.165) is 12.3 Å². The first-order chi connectivity index (χ1) is 5.00. The minimum atomic E-state index is -4.33. The molecule has 0 aromatic carbocycles. The van der Waals surface area contributed by atoms with Gasteiger partial charge in [0, 0.05) is 0 Å². The molecule has 0 saturated carbocycles. The van der Waals surface area contributed by atoms with E-state index in [9.17, 15) is 13.2 Å². The molecular weight excluding hydrogens is 179 g/mol. The van der Waals surface area contributed by atoms with Crippen LogP contribution in [0.15, 0.2) is 18.5 Å². The van der Waals surface area contributed by atoms with Crippen LogP contribution in [0, 0.1) is 0 Å². The lowest BCUT2D eigenvalue weighted by molar-refractivity contribution is -0.381. The van der Waals surface area contributed by atoms with Gasteiger partial charge in [0.05, 0.1) is 0 Å². The normalized spacial score (nSPS) is 11.6. The van der Waals surface area contributed by atoms with Crippen LogP contribution in [0.25, 0.3) is 0 Å². The molecule has 0 fully saturated rings. The first-order valence-electron chi connectivity index (χ1n) is 2.74. The van der Waals surface area contributed by atoms with Crippen molar-refractivity contribution in [2.24, 2.45) is 0 Å². The molecule has 11 heavy (non-hydrogen) atoms. The number of hydrogen-bond donors (Lipinski definition) is 0. The summed E-state index contributed by atoms with van der Waals surface area (Å²) < 4.78 is 35.7. The van der Waals surface area contributed by atoms with Crippen molar-refractivity contribution in [1.82, 2.24) is 0 Å². The van der Waals surface area contributed by atoms with E-state index in [1.54, 1.807) is 0 Å². The van der Waals surface area contributed by atoms with Gasteiger partial charge in [0.25, 0.3) is 0 Å². The predicted octanol–water partition coefficient (Wildman–Crippen LogP) is 2.17. The highest BCUT2D eigenvalue weighted by Crippen LogP contribution is 2.28. The Balaban J connectivity index is 3.06. The zero-order valence-corrected chi connectivity index (χ0v) is 6.00. The minimum absolute atomic E-state index is 0.0415. The van der Waals surface area contributed by atoms with E-state index >= 15 is 0 Å². The highest BCUT2D eigenvalue weighted by atomic mass is 35.5. The number of rotatable bonds is 0. The van der Waals surface area contributed by atoms with Gasteiger partial charge in [-0.2, -0.15) is 13.2 Å². The monoisotopic (exact) mass is 182 g/mol. The number of alkyl halides is 3. The molecule has 1 rings (SSSR count). The van der Waals surface area contributed by atoms with Crippen molar-refractivity contribution in [3.8, 4) is 0 Å². The van der Waals surface area contributed by atoms with Crippen molar-refractivity contribution >= 4 is 11.6 Å². The lowest BCUT2D eigenvalue weighted by Crippen LogP contribution is -2.11. The summed E-state index contributed by atoms with van der Waals surface area (Å²) in [5.41, 5.74) is -0.773. The molecule has 0 amide bonds. The van der Waals surface area contributed by atoms with E-state index in [4.69, 9.17) is 11.6 Å². The zero-order valence-electron chi connectivity index (χ0n) is 5.24. The van der Waals surface area contributed by atoms with Crippen LogP contribution in [0.2, 0.25) is 5.02 Å². The number of hydrogen-bond acceptors (Lipinski definition) is 0. The van der Waals surface area contributed by atoms with E-state index in [-0.39, 0.29) is 5.02 Å². The fourth-order valence-corrected chi connectivity index (χ4v) is 0.787. The van der Waals surface area contributed by atoms with Crippen molar-refractivity contribution in [2.45, 2.75) is 6.18 Å². The lowest BCUT2D eigenvalue weighted by atomic mass is 10.3. The first-order valence-corrected chi connectivity index (χ1v) is 3.12. The first kappa shape index (κ1) is 8.33. The maximum atomic E-state index is 11.9. The van der Waals surface area contributed by atoms with Crippen LogP contribution < -0.4 is 4.98 Å². The van der Waals surface area contributed by atoms with Gasteiger partial charge in [0.2, 0.25) is 0 Å². The second-order valence-corrected chi connectivity index (χ2v) is 2.37. The van der Waals surface area contributed by atoms with Gasteiger partial charge in [-0.3, -0.25) is 0 Å². The molecule has 1 aromatic rings. The second-order valence-electron chi connectivity index (χ2n) is 1.94. The van der Waals surface area contributed by atoms with E-state index in [0.29, 0.717) is 0 Å². The fourth-order valence-electron chi connectivity index (χ4n) is 0.607. The van der Waals surface area contributed by atoms with Gasteiger partial charge in [-0.15, -0.1) is 0 Å². The third-order valence-corrected chi connectivity index (χ3v) is 1.30. The third kappa shape index (κ3) is 2.08. The van der Waals surface area contributed by atoms with Crippen LogP contribution in [0.4, 0.5) is 13.2 Å². The van der Waals surface area contributed by atoms with Crippen LogP contribution in [0.5, 0.6) is 0 Å². The molecule has 1 heterocycles. The van der Waals surface area contributed by atoms with Crippen molar-refractivity contribution in [1.29, 1.82) is 0 Å². The third-order valence-electron chi connectivity index (χ3n) is 1.08. The van der Waals surface area contributed by atoms with E-state index < -0.39 is 11.7 Å². The Morgan fingerprint density at radius 1 is 1.27 bits per heavy atom. The molecule has 0 spiro atoms. The Bertz CT molecular complexity index is 258. The summed E-state index contributed by atoms with van der Waals surface area (Å²) in [7, 11) is 0. The standard InChI is InChI=1S/C6H3ClF3N/c7-5-1-4(2-11-3-5)6(8,9)10/h1-3H/p+1. The maximum Gasteiger partial charge on any atom is 0.422 e. The Labute approximate surface area is 65.8 Å². The van der Waals surface area contributed by atoms with Crippen LogP contribution in [0.3, 0.4) is 0 Å². The number of nitrogens with one attached hydrogen (secondary N) is 1. The average molecular weight is 183 g/mol. The highest BCUT2D eigenvalue weighted by molar-refractivity contribution is 6.30. The molecule has 0 aliphatic carbocycles. The number of H-pyrrole nitrogens is 1. The largest absolute Gasteiger partial charge is 0.422 e. The molecule has 0 radical (unpaired) electrons. The summed E-state index contributed by atoms with van der Waals surface area (Å²) in [6.45, 7) is 0. The van der Waals surface area contributed by atoms with Gasteiger partial charge in [0.15, 0.2) is 12.4 Å². The molecule has 5 heteroatoms. The number of pyridine rings is 1. The van der Waals surface area contributed by atoms with Crippen molar-refractivity contribution < 1.29 is 18.2 Å². The lowest BCUT2D eigenvalue weighted by Gasteiger charge is -2.01. The molecule has 0 aliphatic heterocycles. The predicted molar refractivity (Wildman–Crippen MR) is 33.0 cm³/mol. The molecule has 0 unspecified atom stereocenters. The van der Waals surface area contributed by atoms with Gasteiger partial charge >= 0.3 is 6.18 Å². The zero-order chi connectivity index (χ0) is 8.48. The van der Waals surface area contributed by atoms with Gasteiger partial charge in [0.1, 0.15) is 10.6 Å². The Hall–Kier alpha value is -0.770. The highest BCUT2D eigenvalue weighted by Gasteiger charge is 2.32. The van der Waals surface area contributed by atoms with E-state index in [2.05, 4.69) is 4.98 Å². The van der Waals surface area contributed by atoms with Gasteiger partial charge in [-0.25, -0.2) is 4.98 Å². The molecule has 0 atom stereocenters. The summed E-state index contributed by atoms with van der Waals surface area (Å²) in [5.74, 6) is 0. The van der Waals surface area contributed by atoms with Crippen molar-refractivity contribution in [2.75, 3.05) is 0 Å². The molecule has 1 aromatic heterocycles. The maximum absolute atomic E-state index is 11.9. The second kappa shape index (κ2) is 2.70. The van der Waals surface area contributed by atoms with E-state index in [1.807, 2.05) is 0 Å². The smallest absolute Gasteiger partial charge is 0.216 e. The number of aromatic amines is 1. The van der Waals surface area contributed by atoms with Crippen molar-refractivity contribution in [3.63, 3.8) is 0 Å². The molecule has 1 N–H and O–H groups in total. The molecule has 0 saturated heterocycles. The summed E-state index contributed by atoms with van der Waals surface area (Å²) >= 11 is 5.32. The SMILES string of the molecule is FC(F)(F)c1c[nH+]cc(Cl)c1. The number of halogens is 4.